The van der Waals surface area contributed by atoms with Gasteiger partial charge in [0.15, 0.2) is 0 Å². The van der Waals surface area contributed by atoms with Crippen molar-refractivity contribution < 1.29 is 13.9 Å². The molecular formula is C17H25FN2O2. The fraction of sp³-hybridized carbons (Fsp3) is 0.588. The summed E-state index contributed by atoms with van der Waals surface area (Å²) in [5.74, 6) is -0.355. The summed E-state index contributed by atoms with van der Waals surface area (Å²) >= 11 is 0. The van der Waals surface area contributed by atoms with E-state index in [2.05, 4.69) is 0 Å². The van der Waals surface area contributed by atoms with Crippen molar-refractivity contribution in [3.05, 3.63) is 29.6 Å². The minimum atomic E-state index is -0.672. The number of benzene rings is 1. The molecule has 1 aromatic carbocycles. The zero-order valence-electron chi connectivity index (χ0n) is 13.8. The van der Waals surface area contributed by atoms with Crippen LogP contribution in [-0.2, 0) is 10.3 Å². The Kier molecular flexibility index (Phi) is 4.47. The van der Waals surface area contributed by atoms with Gasteiger partial charge < -0.3 is 10.5 Å². The van der Waals surface area contributed by atoms with Gasteiger partial charge in [-0.15, -0.1) is 0 Å². The first-order valence-electron chi connectivity index (χ1n) is 7.82. The number of hydrogen-bond donors (Lipinski definition) is 1. The Labute approximate surface area is 131 Å². The summed E-state index contributed by atoms with van der Waals surface area (Å²) in [7, 11) is 0. The molecule has 0 fully saturated rings. The molecule has 0 radical (unpaired) electrons. The van der Waals surface area contributed by atoms with Crippen LogP contribution in [-0.4, -0.2) is 18.2 Å². The fourth-order valence-electron chi connectivity index (χ4n) is 2.88. The number of cyclic esters (lactones) is 1. The SMILES string of the molecule is CCC1(CC)OC(=O)N(CCC(C)(C)N)c2cc(F)ccc21. The number of rotatable bonds is 5. The van der Waals surface area contributed by atoms with Crippen LogP contribution in [0.5, 0.6) is 0 Å². The Morgan fingerprint density at radius 2 is 1.95 bits per heavy atom. The van der Waals surface area contributed by atoms with Crippen LogP contribution < -0.4 is 10.6 Å². The Balaban J connectivity index is 2.45. The van der Waals surface area contributed by atoms with E-state index in [1.807, 2.05) is 27.7 Å². The zero-order chi connectivity index (χ0) is 16.5. The first-order chi connectivity index (χ1) is 10.2. The normalized spacial score (nSPS) is 17.2. The number of ether oxygens (including phenoxy) is 1. The summed E-state index contributed by atoms with van der Waals surface area (Å²) in [5, 5.41) is 0. The lowest BCUT2D eigenvalue weighted by Gasteiger charge is -2.42. The molecule has 5 heteroatoms. The molecule has 1 aliphatic heterocycles. The molecule has 1 aliphatic rings. The molecule has 22 heavy (non-hydrogen) atoms. The van der Waals surface area contributed by atoms with Gasteiger partial charge in [0.1, 0.15) is 11.4 Å². The maximum Gasteiger partial charge on any atom is 0.415 e. The van der Waals surface area contributed by atoms with Crippen LogP contribution in [0.1, 0.15) is 52.5 Å². The maximum atomic E-state index is 13.7. The quantitative estimate of drug-likeness (QED) is 0.897. The van der Waals surface area contributed by atoms with Gasteiger partial charge in [0.25, 0.3) is 0 Å². The highest BCUT2D eigenvalue weighted by atomic mass is 19.1. The van der Waals surface area contributed by atoms with Crippen molar-refractivity contribution in [3.63, 3.8) is 0 Å². The van der Waals surface area contributed by atoms with Crippen molar-refractivity contribution in [2.75, 3.05) is 11.4 Å². The van der Waals surface area contributed by atoms with Crippen molar-refractivity contribution in [1.29, 1.82) is 0 Å². The highest BCUT2D eigenvalue weighted by Gasteiger charge is 2.42. The molecule has 2 N–H and O–H groups in total. The smallest absolute Gasteiger partial charge is 0.415 e. The number of nitrogens with zero attached hydrogens (tertiary/aromatic N) is 1. The predicted molar refractivity (Wildman–Crippen MR) is 85.4 cm³/mol. The van der Waals surface area contributed by atoms with Gasteiger partial charge in [-0.2, -0.15) is 0 Å². The number of anilines is 1. The lowest BCUT2D eigenvalue weighted by molar-refractivity contribution is -0.00132. The number of carbonyl (C=O) groups excluding carboxylic acids is 1. The molecule has 1 heterocycles. The number of halogens is 1. The van der Waals surface area contributed by atoms with E-state index < -0.39 is 17.2 Å². The van der Waals surface area contributed by atoms with Crippen LogP contribution in [0.4, 0.5) is 14.9 Å². The number of hydrogen-bond acceptors (Lipinski definition) is 3. The largest absolute Gasteiger partial charge is 0.438 e. The predicted octanol–water partition coefficient (Wildman–Crippen LogP) is 3.93. The molecule has 1 aromatic rings. The van der Waals surface area contributed by atoms with E-state index in [-0.39, 0.29) is 5.82 Å². The third kappa shape index (κ3) is 3.09. The third-order valence-electron chi connectivity index (χ3n) is 4.37. The van der Waals surface area contributed by atoms with E-state index in [4.69, 9.17) is 10.5 Å². The van der Waals surface area contributed by atoms with Crippen LogP contribution in [0.2, 0.25) is 0 Å². The lowest BCUT2D eigenvalue weighted by atomic mass is 9.85. The summed E-state index contributed by atoms with van der Waals surface area (Å²) < 4.78 is 19.5. The lowest BCUT2D eigenvalue weighted by Crippen LogP contribution is -2.48. The molecule has 0 saturated carbocycles. The van der Waals surface area contributed by atoms with Gasteiger partial charge in [-0.3, -0.25) is 4.90 Å². The number of fused-ring (bicyclic) bond motifs is 1. The van der Waals surface area contributed by atoms with Crippen LogP contribution in [0.25, 0.3) is 0 Å². The summed E-state index contributed by atoms with van der Waals surface area (Å²) in [6.07, 6.45) is 1.49. The van der Waals surface area contributed by atoms with Crippen molar-refractivity contribution in [2.24, 2.45) is 5.73 Å². The van der Waals surface area contributed by atoms with Gasteiger partial charge in [0.05, 0.1) is 5.69 Å². The molecule has 1 amide bonds. The van der Waals surface area contributed by atoms with Gasteiger partial charge in [0.2, 0.25) is 0 Å². The molecule has 2 rings (SSSR count). The molecule has 0 spiro atoms. The van der Waals surface area contributed by atoms with E-state index in [0.29, 0.717) is 31.5 Å². The van der Waals surface area contributed by atoms with Crippen LogP contribution in [0.15, 0.2) is 18.2 Å². The minimum absolute atomic E-state index is 0.355. The molecule has 0 aliphatic carbocycles. The van der Waals surface area contributed by atoms with Gasteiger partial charge >= 0.3 is 6.09 Å². The minimum Gasteiger partial charge on any atom is -0.438 e. The second kappa shape index (κ2) is 5.88. The average Bonchev–Trinajstić information content (AvgIpc) is 2.44. The van der Waals surface area contributed by atoms with Crippen molar-refractivity contribution in [1.82, 2.24) is 0 Å². The topological polar surface area (TPSA) is 55.6 Å². The summed E-state index contributed by atoms with van der Waals surface area (Å²) in [6, 6.07) is 4.56. The molecule has 4 nitrogen and oxygen atoms in total. The van der Waals surface area contributed by atoms with E-state index in [0.717, 1.165) is 5.56 Å². The van der Waals surface area contributed by atoms with Crippen molar-refractivity contribution in [2.45, 2.75) is 58.1 Å². The molecule has 122 valence electrons. The van der Waals surface area contributed by atoms with Crippen molar-refractivity contribution in [3.8, 4) is 0 Å². The van der Waals surface area contributed by atoms with Crippen molar-refractivity contribution >= 4 is 11.8 Å². The van der Waals surface area contributed by atoms with E-state index in [9.17, 15) is 9.18 Å². The molecule has 0 unspecified atom stereocenters. The van der Waals surface area contributed by atoms with E-state index in [1.54, 1.807) is 6.07 Å². The monoisotopic (exact) mass is 308 g/mol. The van der Waals surface area contributed by atoms with E-state index in [1.165, 1.54) is 17.0 Å². The summed E-state index contributed by atoms with van der Waals surface area (Å²) in [6.45, 7) is 8.15. The van der Waals surface area contributed by atoms with Gasteiger partial charge in [-0.1, -0.05) is 19.9 Å². The molecular weight excluding hydrogens is 283 g/mol. The Morgan fingerprint density at radius 1 is 1.32 bits per heavy atom. The maximum absolute atomic E-state index is 13.7. The number of carbonyl (C=O) groups is 1. The highest BCUT2D eigenvalue weighted by molar-refractivity contribution is 5.91. The van der Waals surface area contributed by atoms with E-state index >= 15 is 0 Å². The molecule has 0 saturated heterocycles. The average molecular weight is 308 g/mol. The van der Waals surface area contributed by atoms with Gasteiger partial charge in [-0.25, -0.2) is 9.18 Å². The summed E-state index contributed by atoms with van der Waals surface area (Å²) in [4.78, 5) is 14.0. The molecule has 0 aromatic heterocycles. The summed E-state index contributed by atoms with van der Waals surface area (Å²) in [5.41, 5.74) is 6.39. The zero-order valence-corrected chi connectivity index (χ0v) is 13.8. The Hall–Kier alpha value is -1.62. The molecule has 0 atom stereocenters. The Bertz CT molecular complexity index is 562. The van der Waals surface area contributed by atoms with Crippen LogP contribution in [0, 0.1) is 5.82 Å². The standard InChI is InChI=1S/C17H25FN2O2/c1-5-17(6-2)13-8-7-12(18)11-14(13)20(15(21)22-17)10-9-16(3,4)19/h7-8,11H,5-6,9-10,19H2,1-4H3. The highest BCUT2D eigenvalue weighted by Crippen LogP contribution is 2.43. The first-order valence-corrected chi connectivity index (χ1v) is 7.82. The third-order valence-corrected chi connectivity index (χ3v) is 4.37. The second-order valence-electron chi connectivity index (χ2n) is 6.62. The Morgan fingerprint density at radius 3 is 2.50 bits per heavy atom. The second-order valence-corrected chi connectivity index (χ2v) is 6.62. The number of amides is 1. The molecule has 0 bridgehead atoms. The fourth-order valence-corrected chi connectivity index (χ4v) is 2.88. The van der Waals surface area contributed by atoms with Crippen LogP contribution in [0.3, 0.4) is 0 Å². The van der Waals surface area contributed by atoms with Gasteiger partial charge in [0, 0.05) is 17.6 Å². The van der Waals surface area contributed by atoms with Gasteiger partial charge in [-0.05, 0) is 45.2 Å². The number of nitrogens with two attached hydrogens (primary N) is 1. The first kappa shape index (κ1) is 16.7. The van der Waals surface area contributed by atoms with Crippen LogP contribution >= 0.6 is 0 Å².